The molecule has 1 aromatic heterocycles. The molecular formula is C15H21N3O2S. The lowest BCUT2D eigenvalue weighted by Crippen LogP contribution is -2.32. The summed E-state index contributed by atoms with van der Waals surface area (Å²) in [7, 11) is -1.48. The summed E-state index contributed by atoms with van der Waals surface area (Å²) in [6, 6.07) is 9.04. The van der Waals surface area contributed by atoms with E-state index < -0.39 is 16.1 Å². The molecule has 0 saturated heterocycles. The van der Waals surface area contributed by atoms with Crippen LogP contribution < -0.4 is 4.72 Å². The molecule has 0 aliphatic heterocycles. The molecule has 21 heavy (non-hydrogen) atoms. The minimum absolute atomic E-state index is 0.136. The predicted octanol–water partition coefficient (Wildman–Crippen LogP) is 2.23. The maximum atomic E-state index is 12.2. The lowest BCUT2D eigenvalue weighted by molar-refractivity contribution is 0.560. The molecule has 0 radical (unpaired) electrons. The zero-order chi connectivity index (χ0) is 15.3. The van der Waals surface area contributed by atoms with Crippen molar-refractivity contribution in [3.63, 3.8) is 0 Å². The van der Waals surface area contributed by atoms with Gasteiger partial charge in [-0.05, 0) is 12.0 Å². The predicted molar refractivity (Wildman–Crippen MR) is 83.3 cm³/mol. The Morgan fingerprint density at radius 2 is 2.00 bits per heavy atom. The minimum atomic E-state index is -3.34. The third-order valence-electron chi connectivity index (χ3n) is 3.31. The van der Waals surface area contributed by atoms with Crippen molar-refractivity contribution < 1.29 is 8.42 Å². The first kappa shape index (κ1) is 15.7. The molecule has 0 spiro atoms. The van der Waals surface area contributed by atoms with Crippen molar-refractivity contribution in [3.8, 4) is 0 Å². The van der Waals surface area contributed by atoms with E-state index in [1.165, 1.54) is 0 Å². The maximum absolute atomic E-state index is 12.2. The van der Waals surface area contributed by atoms with Gasteiger partial charge < -0.3 is 4.57 Å². The van der Waals surface area contributed by atoms with Gasteiger partial charge in [-0.3, -0.25) is 0 Å². The van der Waals surface area contributed by atoms with Gasteiger partial charge in [0.25, 0.3) is 0 Å². The second-order valence-electron chi connectivity index (χ2n) is 5.03. The molecule has 1 unspecified atom stereocenters. The number of sulfonamides is 1. The first-order valence-electron chi connectivity index (χ1n) is 7.05. The Kier molecular flexibility index (Phi) is 5.14. The molecule has 2 rings (SSSR count). The zero-order valence-corrected chi connectivity index (χ0v) is 13.2. The quantitative estimate of drug-likeness (QED) is 0.853. The van der Waals surface area contributed by atoms with Crippen LogP contribution in [0.4, 0.5) is 0 Å². The molecule has 1 aromatic carbocycles. The highest BCUT2D eigenvalue weighted by atomic mass is 32.2. The molecule has 0 aliphatic rings. The van der Waals surface area contributed by atoms with E-state index in [1.54, 1.807) is 6.20 Å². The Balaban J connectivity index is 2.32. The number of nitrogens with one attached hydrogen (secondary N) is 1. The number of aromatic nitrogens is 2. The van der Waals surface area contributed by atoms with Crippen LogP contribution in [0.3, 0.4) is 0 Å². The van der Waals surface area contributed by atoms with Crippen molar-refractivity contribution in [3.05, 3.63) is 54.1 Å². The van der Waals surface area contributed by atoms with Crippen molar-refractivity contribution in [2.45, 2.75) is 25.8 Å². The van der Waals surface area contributed by atoms with Crippen LogP contribution in [0.2, 0.25) is 0 Å². The monoisotopic (exact) mass is 307 g/mol. The van der Waals surface area contributed by atoms with E-state index in [2.05, 4.69) is 9.71 Å². The van der Waals surface area contributed by atoms with Gasteiger partial charge in [-0.1, -0.05) is 43.7 Å². The molecule has 0 saturated carbocycles. The lowest BCUT2D eigenvalue weighted by atomic mass is 10.1. The Bertz CT molecular complexity index is 665. The van der Waals surface area contributed by atoms with Gasteiger partial charge in [-0.2, -0.15) is 0 Å². The Labute approximate surface area is 126 Å². The summed E-state index contributed by atoms with van der Waals surface area (Å²) in [6.45, 7) is 1.98. The van der Waals surface area contributed by atoms with E-state index in [1.807, 2.05) is 55.1 Å². The molecule has 2 aromatic rings. The normalized spacial score (nSPS) is 13.2. The van der Waals surface area contributed by atoms with E-state index in [0.29, 0.717) is 12.2 Å². The van der Waals surface area contributed by atoms with E-state index in [0.717, 1.165) is 12.0 Å². The highest BCUT2D eigenvalue weighted by Crippen LogP contribution is 2.21. The highest BCUT2D eigenvalue weighted by molar-refractivity contribution is 7.89. The molecular weight excluding hydrogens is 286 g/mol. The van der Waals surface area contributed by atoms with Crippen LogP contribution in [0.15, 0.2) is 42.7 Å². The standard InChI is InChI=1S/C15H21N3O2S/c1-3-4-12-21(19,20)17-14(13-8-6-5-7-9-13)15-16-10-11-18(15)2/h5-11,14,17H,3-4,12H2,1-2H3. The first-order chi connectivity index (χ1) is 10.0. The maximum Gasteiger partial charge on any atom is 0.212 e. The third kappa shape index (κ3) is 4.15. The van der Waals surface area contributed by atoms with Gasteiger partial charge in [-0.25, -0.2) is 18.1 Å². The van der Waals surface area contributed by atoms with Crippen molar-refractivity contribution in [2.24, 2.45) is 7.05 Å². The van der Waals surface area contributed by atoms with Gasteiger partial charge in [0.2, 0.25) is 10.0 Å². The topological polar surface area (TPSA) is 64.0 Å². The summed E-state index contributed by atoms with van der Waals surface area (Å²) in [5.74, 6) is 0.818. The summed E-state index contributed by atoms with van der Waals surface area (Å²) in [5, 5.41) is 0. The second kappa shape index (κ2) is 6.87. The van der Waals surface area contributed by atoms with Crippen molar-refractivity contribution in [1.82, 2.24) is 14.3 Å². The van der Waals surface area contributed by atoms with Gasteiger partial charge in [0.1, 0.15) is 11.9 Å². The SMILES string of the molecule is CCCCS(=O)(=O)NC(c1ccccc1)c1nccn1C. The first-order valence-corrected chi connectivity index (χ1v) is 8.71. The summed E-state index contributed by atoms with van der Waals surface area (Å²) in [4.78, 5) is 4.29. The second-order valence-corrected chi connectivity index (χ2v) is 6.90. The van der Waals surface area contributed by atoms with Gasteiger partial charge in [-0.15, -0.1) is 0 Å². The van der Waals surface area contributed by atoms with Gasteiger partial charge in [0.05, 0.1) is 5.75 Å². The molecule has 1 N–H and O–H groups in total. The number of hydrogen-bond acceptors (Lipinski definition) is 3. The average Bonchev–Trinajstić information content (AvgIpc) is 2.90. The summed E-state index contributed by atoms with van der Waals surface area (Å²) >= 11 is 0. The fourth-order valence-corrected chi connectivity index (χ4v) is 3.53. The van der Waals surface area contributed by atoms with E-state index in [4.69, 9.17) is 0 Å². The average molecular weight is 307 g/mol. The van der Waals surface area contributed by atoms with Crippen LogP contribution >= 0.6 is 0 Å². The van der Waals surface area contributed by atoms with Crippen LogP contribution in [-0.4, -0.2) is 23.7 Å². The van der Waals surface area contributed by atoms with Crippen molar-refractivity contribution in [1.29, 1.82) is 0 Å². The Morgan fingerprint density at radius 3 is 2.57 bits per heavy atom. The van der Waals surface area contributed by atoms with Gasteiger partial charge in [0, 0.05) is 19.4 Å². The molecule has 6 heteroatoms. The number of unbranched alkanes of at least 4 members (excludes halogenated alkanes) is 1. The van der Waals surface area contributed by atoms with Gasteiger partial charge >= 0.3 is 0 Å². The van der Waals surface area contributed by atoms with Crippen LogP contribution in [0, 0.1) is 0 Å². The Morgan fingerprint density at radius 1 is 1.29 bits per heavy atom. The molecule has 0 fully saturated rings. The largest absolute Gasteiger partial charge is 0.336 e. The Hall–Kier alpha value is -1.66. The summed E-state index contributed by atoms with van der Waals surface area (Å²) < 4.78 is 29.1. The number of nitrogens with zero attached hydrogens (tertiary/aromatic N) is 2. The summed E-state index contributed by atoms with van der Waals surface area (Å²) in [5.41, 5.74) is 0.881. The number of aryl methyl sites for hydroxylation is 1. The molecule has 0 aliphatic carbocycles. The molecule has 1 heterocycles. The number of hydrogen-bond donors (Lipinski definition) is 1. The molecule has 0 amide bonds. The van der Waals surface area contributed by atoms with Crippen LogP contribution in [0.1, 0.15) is 37.2 Å². The number of benzene rings is 1. The minimum Gasteiger partial charge on any atom is -0.336 e. The zero-order valence-electron chi connectivity index (χ0n) is 12.4. The van der Waals surface area contributed by atoms with Crippen molar-refractivity contribution in [2.75, 3.05) is 5.75 Å². The van der Waals surface area contributed by atoms with Crippen molar-refractivity contribution >= 4 is 10.0 Å². The smallest absolute Gasteiger partial charge is 0.212 e. The van der Waals surface area contributed by atoms with E-state index in [-0.39, 0.29) is 5.75 Å². The van der Waals surface area contributed by atoms with Crippen LogP contribution in [0.25, 0.3) is 0 Å². The van der Waals surface area contributed by atoms with Crippen LogP contribution in [-0.2, 0) is 17.1 Å². The number of imidazole rings is 1. The van der Waals surface area contributed by atoms with Gasteiger partial charge in [0.15, 0.2) is 0 Å². The molecule has 114 valence electrons. The van der Waals surface area contributed by atoms with E-state index >= 15 is 0 Å². The van der Waals surface area contributed by atoms with Crippen LogP contribution in [0.5, 0.6) is 0 Å². The summed E-state index contributed by atoms with van der Waals surface area (Å²) in [6.07, 6.45) is 4.98. The fraction of sp³-hybridized carbons (Fsp3) is 0.400. The fourth-order valence-electron chi connectivity index (χ4n) is 2.14. The lowest BCUT2D eigenvalue weighted by Gasteiger charge is -2.19. The highest BCUT2D eigenvalue weighted by Gasteiger charge is 2.23. The molecule has 5 nitrogen and oxygen atoms in total. The number of rotatable bonds is 7. The molecule has 1 atom stereocenters. The van der Waals surface area contributed by atoms with E-state index in [9.17, 15) is 8.42 Å². The third-order valence-corrected chi connectivity index (χ3v) is 4.73. The molecule has 0 bridgehead atoms.